The van der Waals surface area contributed by atoms with Gasteiger partial charge in [-0.25, -0.2) is 18.6 Å². The van der Waals surface area contributed by atoms with Gasteiger partial charge in [-0.05, 0) is 55.3 Å². The first kappa shape index (κ1) is 22.8. The highest BCUT2D eigenvalue weighted by molar-refractivity contribution is 6.30. The SMILES string of the molecule is O=C(Nc1ccc(Cl)c(F)c1)Nc1ccc(F)c(Oc2ccc3ncc(N4CCCC4)nc3c2)c1. The van der Waals surface area contributed by atoms with Gasteiger partial charge in [-0.15, -0.1) is 0 Å². The molecule has 7 nitrogen and oxygen atoms in total. The Kier molecular flexibility index (Phi) is 6.33. The molecule has 2 N–H and O–H groups in total. The van der Waals surface area contributed by atoms with Crippen molar-refractivity contribution < 1.29 is 18.3 Å². The van der Waals surface area contributed by atoms with E-state index in [0.29, 0.717) is 16.8 Å². The topological polar surface area (TPSA) is 79.4 Å². The molecule has 0 radical (unpaired) electrons. The molecular weight excluding hydrogens is 476 g/mol. The first-order valence-corrected chi connectivity index (χ1v) is 11.3. The van der Waals surface area contributed by atoms with Crippen LogP contribution in [0.4, 0.5) is 30.8 Å². The monoisotopic (exact) mass is 495 g/mol. The Morgan fingerprint density at radius 3 is 2.43 bits per heavy atom. The molecule has 10 heteroatoms. The van der Waals surface area contributed by atoms with Crippen LogP contribution >= 0.6 is 11.6 Å². The Bertz CT molecular complexity index is 1410. The highest BCUT2D eigenvalue weighted by atomic mass is 35.5. The van der Waals surface area contributed by atoms with E-state index in [1.807, 2.05) is 0 Å². The molecule has 5 rings (SSSR count). The molecule has 1 saturated heterocycles. The van der Waals surface area contributed by atoms with Gasteiger partial charge in [-0.3, -0.25) is 4.98 Å². The molecule has 0 spiro atoms. The van der Waals surface area contributed by atoms with Crippen LogP contribution in [-0.4, -0.2) is 29.1 Å². The summed E-state index contributed by atoms with van der Waals surface area (Å²) >= 11 is 5.65. The number of benzene rings is 3. The van der Waals surface area contributed by atoms with Crippen molar-refractivity contribution in [3.8, 4) is 11.5 Å². The maximum Gasteiger partial charge on any atom is 0.323 e. The number of carbonyl (C=O) groups excluding carboxylic acids is 1. The van der Waals surface area contributed by atoms with Gasteiger partial charge in [-0.2, -0.15) is 0 Å². The number of rotatable bonds is 5. The van der Waals surface area contributed by atoms with Crippen LogP contribution in [0, 0.1) is 11.6 Å². The summed E-state index contributed by atoms with van der Waals surface area (Å²) in [6, 6.07) is 12.3. The fraction of sp³-hybridized carbons (Fsp3) is 0.160. The number of anilines is 3. The summed E-state index contributed by atoms with van der Waals surface area (Å²) < 4.78 is 33.8. The van der Waals surface area contributed by atoms with E-state index in [-0.39, 0.29) is 22.1 Å². The molecule has 0 aliphatic carbocycles. The highest BCUT2D eigenvalue weighted by Crippen LogP contribution is 2.30. The van der Waals surface area contributed by atoms with Gasteiger partial charge in [0, 0.05) is 36.6 Å². The van der Waals surface area contributed by atoms with Gasteiger partial charge in [0.1, 0.15) is 17.4 Å². The van der Waals surface area contributed by atoms with Crippen molar-refractivity contribution >= 4 is 45.9 Å². The number of hydrogen-bond donors (Lipinski definition) is 2. The average molecular weight is 496 g/mol. The van der Waals surface area contributed by atoms with Gasteiger partial charge >= 0.3 is 6.03 Å². The van der Waals surface area contributed by atoms with Crippen LogP contribution in [0.15, 0.2) is 60.8 Å². The lowest BCUT2D eigenvalue weighted by Gasteiger charge is -2.16. The number of nitrogens with one attached hydrogen (secondary N) is 2. The molecule has 1 aliphatic rings. The number of urea groups is 1. The number of hydrogen-bond acceptors (Lipinski definition) is 5. The Labute approximate surface area is 204 Å². The Hall–Kier alpha value is -3.98. The molecule has 1 fully saturated rings. The Morgan fingerprint density at radius 1 is 0.914 bits per heavy atom. The molecule has 0 saturated carbocycles. The van der Waals surface area contributed by atoms with Gasteiger partial charge in [0.2, 0.25) is 0 Å². The van der Waals surface area contributed by atoms with Crippen LogP contribution in [0.1, 0.15) is 12.8 Å². The molecule has 3 aromatic carbocycles. The third-order valence-corrected chi connectivity index (χ3v) is 5.83. The molecule has 35 heavy (non-hydrogen) atoms. The number of halogens is 3. The van der Waals surface area contributed by atoms with Crippen LogP contribution < -0.4 is 20.3 Å². The first-order valence-electron chi connectivity index (χ1n) is 11.0. The van der Waals surface area contributed by atoms with E-state index in [4.69, 9.17) is 16.3 Å². The summed E-state index contributed by atoms with van der Waals surface area (Å²) in [6.45, 7) is 1.89. The Morgan fingerprint density at radius 2 is 1.66 bits per heavy atom. The standard InChI is InChI=1S/C25H20ClF2N5O2/c26-18-6-3-15(11-20(18)28)30-25(34)31-16-4-7-19(27)23(12-16)35-17-5-8-21-22(13-17)32-24(14-29-21)33-9-1-2-10-33/h3-8,11-14H,1-2,9-10H2,(H2,30,31,34). The van der Waals surface area contributed by atoms with Crippen LogP contribution in [0.3, 0.4) is 0 Å². The third-order valence-electron chi connectivity index (χ3n) is 5.53. The normalized spacial score (nSPS) is 13.2. The molecule has 178 valence electrons. The zero-order chi connectivity index (χ0) is 24.4. The molecule has 1 aromatic heterocycles. The molecule has 4 aromatic rings. The van der Waals surface area contributed by atoms with E-state index in [1.54, 1.807) is 24.4 Å². The van der Waals surface area contributed by atoms with Gasteiger partial charge in [0.05, 0.1) is 22.3 Å². The van der Waals surface area contributed by atoms with E-state index in [9.17, 15) is 13.6 Å². The minimum atomic E-state index is -0.658. The molecule has 0 bridgehead atoms. The van der Waals surface area contributed by atoms with E-state index < -0.39 is 17.7 Å². The van der Waals surface area contributed by atoms with E-state index >= 15 is 0 Å². The van der Waals surface area contributed by atoms with Crippen molar-refractivity contribution in [2.45, 2.75) is 12.8 Å². The average Bonchev–Trinajstić information content (AvgIpc) is 3.38. The van der Waals surface area contributed by atoms with Crippen LogP contribution in [-0.2, 0) is 0 Å². The maximum absolute atomic E-state index is 14.5. The van der Waals surface area contributed by atoms with E-state index in [2.05, 4.69) is 25.5 Å². The van der Waals surface area contributed by atoms with Crippen LogP contribution in [0.2, 0.25) is 5.02 Å². The molecule has 0 unspecified atom stereocenters. The molecule has 2 amide bonds. The summed E-state index contributed by atoms with van der Waals surface area (Å²) in [4.78, 5) is 23.6. The lowest BCUT2D eigenvalue weighted by molar-refractivity contribution is 0.262. The summed E-state index contributed by atoms with van der Waals surface area (Å²) in [6.07, 6.45) is 4.01. The summed E-state index contributed by atoms with van der Waals surface area (Å²) in [5.41, 5.74) is 1.83. The maximum atomic E-state index is 14.5. The third kappa shape index (κ3) is 5.25. The predicted molar refractivity (Wildman–Crippen MR) is 132 cm³/mol. The fourth-order valence-electron chi connectivity index (χ4n) is 3.80. The number of aromatic nitrogens is 2. The van der Waals surface area contributed by atoms with Gasteiger partial charge < -0.3 is 20.3 Å². The molecular formula is C25H20ClF2N5O2. The van der Waals surface area contributed by atoms with Crippen molar-refractivity contribution in [1.82, 2.24) is 9.97 Å². The smallest absolute Gasteiger partial charge is 0.323 e. The second-order valence-corrected chi connectivity index (χ2v) is 8.44. The minimum absolute atomic E-state index is 0.0526. The minimum Gasteiger partial charge on any atom is -0.454 e. The lowest BCUT2D eigenvalue weighted by Crippen LogP contribution is -2.19. The zero-order valence-corrected chi connectivity index (χ0v) is 19.1. The second kappa shape index (κ2) is 9.71. The quantitative estimate of drug-likeness (QED) is 0.326. The molecule has 1 aliphatic heterocycles. The van der Waals surface area contributed by atoms with E-state index in [0.717, 1.165) is 37.8 Å². The van der Waals surface area contributed by atoms with Crippen molar-refractivity contribution in [2.75, 3.05) is 28.6 Å². The zero-order valence-electron chi connectivity index (χ0n) is 18.4. The highest BCUT2D eigenvalue weighted by Gasteiger charge is 2.15. The van der Waals surface area contributed by atoms with E-state index in [1.165, 1.54) is 30.3 Å². The molecule has 0 atom stereocenters. The van der Waals surface area contributed by atoms with Crippen molar-refractivity contribution in [3.05, 3.63) is 77.5 Å². The van der Waals surface area contributed by atoms with Crippen molar-refractivity contribution in [2.24, 2.45) is 0 Å². The van der Waals surface area contributed by atoms with Gasteiger partial charge in [-0.1, -0.05) is 11.6 Å². The number of amides is 2. The van der Waals surface area contributed by atoms with Crippen LogP contribution in [0.5, 0.6) is 11.5 Å². The number of carbonyl (C=O) groups is 1. The number of fused-ring (bicyclic) bond motifs is 1. The van der Waals surface area contributed by atoms with Gasteiger partial charge in [0.25, 0.3) is 0 Å². The predicted octanol–water partition coefficient (Wildman–Crippen LogP) is 6.60. The molecule has 2 heterocycles. The van der Waals surface area contributed by atoms with Gasteiger partial charge in [0.15, 0.2) is 11.6 Å². The van der Waals surface area contributed by atoms with Crippen molar-refractivity contribution in [3.63, 3.8) is 0 Å². The second-order valence-electron chi connectivity index (χ2n) is 8.03. The lowest BCUT2D eigenvalue weighted by atomic mass is 10.2. The Balaban J connectivity index is 1.31. The first-order chi connectivity index (χ1) is 16.9. The summed E-state index contributed by atoms with van der Waals surface area (Å²) in [7, 11) is 0. The van der Waals surface area contributed by atoms with Crippen LogP contribution in [0.25, 0.3) is 11.0 Å². The summed E-state index contributed by atoms with van der Waals surface area (Å²) in [5, 5.41) is 5.00. The van der Waals surface area contributed by atoms with Crippen molar-refractivity contribution in [1.29, 1.82) is 0 Å². The fourth-order valence-corrected chi connectivity index (χ4v) is 3.91. The number of ether oxygens (including phenoxy) is 1. The summed E-state index contributed by atoms with van der Waals surface area (Å²) in [5.74, 6) is -0.163. The number of nitrogens with zero attached hydrogens (tertiary/aromatic N) is 3. The largest absolute Gasteiger partial charge is 0.454 e.